The molecule has 0 atom stereocenters. The number of fused-ring (bicyclic) bond motifs is 1. The number of imidazole rings is 1. The zero-order valence-electron chi connectivity index (χ0n) is 7.84. The Morgan fingerprint density at radius 1 is 1.33 bits per heavy atom. The first-order valence-corrected chi connectivity index (χ1v) is 4.21. The molecule has 0 fully saturated rings. The summed E-state index contributed by atoms with van der Waals surface area (Å²) in [7, 11) is 0. The molecule has 0 amide bonds. The van der Waals surface area contributed by atoms with Gasteiger partial charge in [-0.2, -0.15) is 13.2 Å². The number of hydrogen-bond donors (Lipinski definition) is 1. The second-order valence-electron chi connectivity index (χ2n) is 3.23. The highest BCUT2D eigenvalue weighted by molar-refractivity contribution is 5.77. The number of nitrogen functional groups attached to an aromatic ring is 1. The molecule has 1 heterocycles. The third-order valence-corrected chi connectivity index (χ3v) is 2.19. The van der Waals surface area contributed by atoms with E-state index in [1.165, 1.54) is 10.7 Å². The van der Waals surface area contributed by atoms with Gasteiger partial charge < -0.3 is 5.84 Å². The van der Waals surface area contributed by atoms with E-state index in [0.717, 1.165) is 12.1 Å². The molecule has 0 radical (unpaired) electrons. The van der Waals surface area contributed by atoms with Crippen molar-refractivity contribution in [3.63, 3.8) is 0 Å². The number of halogens is 3. The molecule has 3 nitrogen and oxygen atoms in total. The average molecular weight is 215 g/mol. The second-order valence-corrected chi connectivity index (χ2v) is 3.23. The van der Waals surface area contributed by atoms with E-state index < -0.39 is 11.7 Å². The van der Waals surface area contributed by atoms with Crippen LogP contribution in [0.25, 0.3) is 11.0 Å². The highest BCUT2D eigenvalue weighted by atomic mass is 19.4. The molecule has 2 aromatic rings. The van der Waals surface area contributed by atoms with E-state index in [0.29, 0.717) is 11.3 Å². The van der Waals surface area contributed by atoms with Gasteiger partial charge in [-0.05, 0) is 25.1 Å². The molecule has 2 N–H and O–H groups in total. The van der Waals surface area contributed by atoms with Crippen molar-refractivity contribution in [2.75, 3.05) is 5.84 Å². The van der Waals surface area contributed by atoms with Gasteiger partial charge in [-0.25, -0.2) is 9.66 Å². The fourth-order valence-electron chi connectivity index (χ4n) is 1.40. The molecule has 0 aliphatic heterocycles. The zero-order valence-corrected chi connectivity index (χ0v) is 7.84. The Morgan fingerprint density at radius 2 is 2.00 bits per heavy atom. The molecule has 1 aromatic carbocycles. The Kier molecular flexibility index (Phi) is 1.89. The van der Waals surface area contributed by atoms with E-state index in [9.17, 15) is 13.2 Å². The van der Waals surface area contributed by atoms with Crippen LogP contribution in [0.15, 0.2) is 18.2 Å². The molecule has 2 rings (SSSR count). The summed E-state index contributed by atoms with van der Waals surface area (Å²) >= 11 is 0. The van der Waals surface area contributed by atoms with Gasteiger partial charge in [0.2, 0.25) is 0 Å². The molecule has 15 heavy (non-hydrogen) atoms. The van der Waals surface area contributed by atoms with Crippen LogP contribution in [0, 0.1) is 6.92 Å². The molecule has 0 saturated carbocycles. The third kappa shape index (κ3) is 1.51. The molecular formula is C9H8F3N3. The van der Waals surface area contributed by atoms with Crippen LogP contribution in [0.4, 0.5) is 13.2 Å². The maximum atomic E-state index is 12.4. The Morgan fingerprint density at radius 3 is 2.60 bits per heavy atom. The lowest BCUT2D eigenvalue weighted by Crippen LogP contribution is -2.09. The fourth-order valence-corrected chi connectivity index (χ4v) is 1.40. The molecule has 0 bridgehead atoms. The maximum absolute atomic E-state index is 12.4. The molecule has 0 aliphatic carbocycles. The van der Waals surface area contributed by atoms with Gasteiger partial charge in [-0.15, -0.1) is 0 Å². The zero-order chi connectivity index (χ0) is 11.2. The fraction of sp³-hybridized carbons (Fsp3) is 0.222. The molecule has 80 valence electrons. The van der Waals surface area contributed by atoms with Crippen LogP contribution in [0.2, 0.25) is 0 Å². The molecule has 0 unspecified atom stereocenters. The van der Waals surface area contributed by atoms with Gasteiger partial charge in [-0.1, -0.05) is 0 Å². The molecule has 0 aliphatic rings. The van der Waals surface area contributed by atoms with E-state index in [1.807, 2.05) is 0 Å². The number of benzene rings is 1. The summed E-state index contributed by atoms with van der Waals surface area (Å²) in [4.78, 5) is 3.92. The third-order valence-electron chi connectivity index (χ3n) is 2.19. The van der Waals surface area contributed by atoms with E-state index in [-0.39, 0.29) is 5.52 Å². The van der Waals surface area contributed by atoms with Crippen LogP contribution in [-0.2, 0) is 6.18 Å². The topological polar surface area (TPSA) is 43.8 Å². The second kappa shape index (κ2) is 2.88. The number of aromatic nitrogens is 2. The van der Waals surface area contributed by atoms with Crippen molar-refractivity contribution < 1.29 is 13.2 Å². The van der Waals surface area contributed by atoms with Crippen molar-refractivity contribution in [3.05, 3.63) is 29.6 Å². The molecule has 6 heteroatoms. The van der Waals surface area contributed by atoms with Crippen LogP contribution < -0.4 is 5.84 Å². The number of nitrogens with zero attached hydrogens (tertiary/aromatic N) is 2. The standard InChI is InChI=1S/C9H8F3N3/c1-5-14-7-4-6(9(10,11)12)2-3-8(7)15(5)13/h2-4H,13H2,1H3. The summed E-state index contributed by atoms with van der Waals surface area (Å²) in [6, 6.07) is 3.30. The number of alkyl halides is 3. The van der Waals surface area contributed by atoms with Gasteiger partial charge in [0.1, 0.15) is 5.82 Å². The van der Waals surface area contributed by atoms with Crippen molar-refractivity contribution in [1.82, 2.24) is 9.66 Å². The Hall–Kier alpha value is -1.72. The Labute approximate surface area is 83.3 Å². The number of rotatable bonds is 0. The lowest BCUT2D eigenvalue weighted by molar-refractivity contribution is -0.137. The van der Waals surface area contributed by atoms with E-state index >= 15 is 0 Å². The summed E-state index contributed by atoms with van der Waals surface area (Å²) in [5.41, 5.74) is 0.0263. The monoisotopic (exact) mass is 215 g/mol. The minimum absolute atomic E-state index is 0.254. The van der Waals surface area contributed by atoms with Gasteiger partial charge in [0.25, 0.3) is 0 Å². The van der Waals surface area contributed by atoms with Crippen LogP contribution >= 0.6 is 0 Å². The van der Waals surface area contributed by atoms with Gasteiger partial charge >= 0.3 is 6.18 Å². The smallest absolute Gasteiger partial charge is 0.337 e. The van der Waals surface area contributed by atoms with Crippen molar-refractivity contribution >= 4 is 11.0 Å². The van der Waals surface area contributed by atoms with Gasteiger partial charge in [0.15, 0.2) is 0 Å². The Balaban J connectivity index is 2.67. The average Bonchev–Trinajstić information content (AvgIpc) is 2.41. The predicted octanol–water partition coefficient (Wildman–Crippen LogP) is 2.08. The van der Waals surface area contributed by atoms with Gasteiger partial charge in [0.05, 0.1) is 16.6 Å². The van der Waals surface area contributed by atoms with Gasteiger partial charge in [-0.3, -0.25) is 0 Å². The van der Waals surface area contributed by atoms with Crippen molar-refractivity contribution in [1.29, 1.82) is 0 Å². The first-order chi connectivity index (χ1) is 6.89. The van der Waals surface area contributed by atoms with Crippen LogP contribution in [-0.4, -0.2) is 9.66 Å². The van der Waals surface area contributed by atoms with E-state index in [1.54, 1.807) is 6.92 Å². The summed E-state index contributed by atoms with van der Waals surface area (Å²) < 4.78 is 38.3. The van der Waals surface area contributed by atoms with Crippen LogP contribution in [0.5, 0.6) is 0 Å². The molecular weight excluding hydrogens is 207 g/mol. The van der Waals surface area contributed by atoms with Crippen LogP contribution in [0.1, 0.15) is 11.4 Å². The van der Waals surface area contributed by atoms with E-state index in [4.69, 9.17) is 5.84 Å². The lowest BCUT2D eigenvalue weighted by Gasteiger charge is -2.05. The maximum Gasteiger partial charge on any atom is 0.416 e. The van der Waals surface area contributed by atoms with Crippen molar-refractivity contribution in [2.45, 2.75) is 13.1 Å². The predicted molar refractivity (Wildman–Crippen MR) is 49.6 cm³/mol. The first-order valence-electron chi connectivity index (χ1n) is 4.21. The molecule has 0 saturated heterocycles. The minimum atomic E-state index is -4.35. The quantitative estimate of drug-likeness (QED) is 0.684. The number of nitrogens with two attached hydrogens (primary N) is 1. The lowest BCUT2D eigenvalue weighted by atomic mass is 10.2. The van der Waals surface area contributed by atoms with Crippen molar-refractivity contribution in [2.24, 2.45) is 0 Å². The highest BCUT2D eigenvalue weighted by Gasteiger charge is 2.30. The van der Waals surface area contributed by atoms with E-state index in [2.05, 4.69) is 4.98 Å². The molecule has 1 aromatic heterocycles. The summed E-state index contributed by atoms with van der Waals surface area (Å²) in [5.74, 6) is 6.05. The summed E-state index contributed by atoms with van der Waals surface area (Å²) in [6.07, 6.45) is -4.35. The highest BCUT2D eigenvalue weighted by Crippen LogP contribution is 2.31. The summed E-state index contributed by atoms with van der Waals surface area (Å²) in [6.45, 7) is 1.63. The van der Waals surface area contributed by atoms with Gasteiger partial charge in [0, 0.05) is 0 Å². The number of aryl methyl sites for hydroxylation is 1. The first kappa shape index (κ1) is 9.82. The molecule has 0 spiro atoms. The summed E-state index contributed by atoms with van der Waals surface area (Å²) in [5, 5.41) is 0. The number of hydrogen-bond acceptors (Lipinski definition) is 2. The minimum Gasteiger partial charge on any atom is -0.337 e. The van der Waals surface area contributed by atoms with Crippen molar-refractivity contribution in [3.8, 4) is 0 Å². The van der Waals surface area contributed by atoms with Crippen LogP contribution in [0.3, 0.4) is 0 Å². The SMILES string of the molecule is Cc1nc2cc(C(F)(F)F)ccc2n1N. The normalized spacial score (nSPS) is 12.3. The largest absolute Gasteiger partial charge is 0.416 e. The Bertz CT molecular complexity index is 513.